The van der Waals surface area contributed by atoms with Gasteiger partial charge in [-0.3, -0.25) is 4.79 Å². The van der Waals surface area contributed by atoms with Gasteiger partial charge in [0.2, 0.25) is 17.7 Å². The Balaban J connectivity index is 1.45. The number of carbonyl (C=O) groups is 1. The highest BCUT2D eigenvalue weighted by molar-refractivity contribution is 5.79. The maximum Gasteiger partial charge on any atom is 0.229 e. The van der Waals surface area contributed by atoms with E-state index in [0.29, 0.717) is 49.3 Å². The van der Waals surface area contributed by atoms with E-state index in [-0.39, 0.29) is 5.91 Å². The van der Waals surface area contributed by atoms with Crippen LogP contribution in [-0.2, 0) is 24.2 Å². The molecule has 2 aliphatic rings. The predicted molar refractivity (Wildman–Crippen MR) is 126 cm³/mol. The van der Waals surface area contributed by atoms with Gasteiger partial charge in [0.25, 0.3) is 0 Å². The number of methoxy groups -OCH3 is 1. The molecule has 1 aromatic heterocycles. The van der Waals surface area contributed by atoms with Gasteiger partial charge < -0.3 is 19.3 Å². The molecule has 0 radical (unpaired) electrons. The second kappa shape index (κ2) is 9.48. The zero-order valence-corrected chi connectivity index (χ0v) is 18.9. The average molecular weight is 445 g/mol. The Morgan fingerprint density at radius 3 is 2.42 bits per heavy atom. The minimum atomic E-state index is 0.0960. The number of nitrogens with zero attached hydrogens (tertiary/aromatic N) is 4. The molecule has 0 spiro atoms. The van der Waals surface area contributed by atoms with Gasteiger partial charge in [-0.05, 0) is 30.5 Å². The molecule has 33 heavy (non-hydrogen) atoms. The van der Waals surface area contributed by atoms with Crippen LogP contribution in [0.25, 0.3) is 0 Å². The summed E-state index contributed by atoms with van der Waals surface area (Å²) >= 11 is 0. The fourth-order valence-corrected chi connectivity index (χ4v) is 4.42. The largest absolute Gasteiger partial charge is 0.493 e. The summed E-state index contributed by atoms with van der Waals surface area (Å²) in [7, 11) is 1.62. The van der Waals surface area contributed by atoms with Gasteiger partial charge in [0, 0.05) is 26.1 Å². The van der Waals surface area contributed by atoms with E-state index in [9.17, 15) is 4.79 Å². The van der Waals surface area contributed by atoms with E-state index in [1.807, 2.05) is 59.5 Å². The molecule has 2 aromatic carbocycles. The van der Waals surface area contributed by atoms with E-state index in [2.05, 4.69) is 4.90 Å². The maximum absolute atomic E-state index is 13.0. The second-order valence-electron chi connectivity index (χ2n) is 8.43. The number of ether oxygens (including phenoxy) is 2. The third kappa shape index (κ3) is 4.62. The Hall–Kier alpha value is -3.61. The first-order valence-corrected chi connectivity index (χ1v) is 11.5. The van der Waals surface area contributed by atoms with E-state index >= 15 is 0 Å². The van der Waals surface area contributed by atoms with Crippen LogP contribution in [0.2, 0.25) is 0 Å². The molecule has 170 valence electrons. The Morgan fingerprint density at radius 1 is 0.939 bits per heavy atom. The molecule has 3 aromatic rings. The molecule has 2 aliphatic heterocycles. The van der Waals surface area contributed by atoms with Gasteiger partial charge >= 0.3 is 0 Å². The normalized spacial score (nSPS) is 15.3. The minimum absolute atomic E-state index is 0.0960. The number of hydrogen-bond donors (Lipinski definition) is 0. The van der Waals surface area contributed by atoms with Crippen molar-refractivity contribution in [3.63, 3.8) is 0 Å². The van der Waals surface area contributed by atoms with Crippen LogP contribution in [0.4, 0.5) is 5.95 Å². The second-order valence-corrected chi connectivity index (χ2v) is 8.43. The number of fused-ring (bicyclic) bond motifs is 1. The molecule has 1 amide bonds. The summed E-state index contributed by atoms with van der Waals surface area (Å²) in [6.45, 7) is 2.98. The number of amides is 1. The smallest absolute Gasteiger partial charge is 0.229 e. The van der Waals surface area contributed by atoms with Gasteiger partial charge in [-0.25, -0.2) is 4.98 Å². The third-order valence-electron chi connectivity index (χ3n) is 6.23. The lowest BCUT2D eigenvalue weighted by molar-refractivity contribution is -0.131. The van der Waals surface area contributed by atoms with Gasteiger partial charge in [-0.2, -0.15) is 4.98 Å². The summed E-state index contributed by atoms with van der Waals surface area (Å²) in [6.07, 6.45) is 3.35. The molecule has 0 saturated carbocycles. The van der Waals surface area contributed by atoms with Gasteiger partial charge in [0.05, 0.1) is 31.3 Å². The number of hydrogen-bond acceptors (Lipinski definition) is 6. The summed E-state index contributed by atoms with van der Waals surface area (Å²) in [5, 5.41) is 0. The average Bonchev–Trinajstić information content (AvgIpc) is 3.40. The highest BCUT2D eigenvalue weighted by Gasteiger charge is 2.28. The lowest BCUT2D eigenvalue weighted by Crippen LogP contribution is -2.38. The lowest BCUT2D eigenvalue weighted by Gasteiger charge is -2.30. The highest BCUT2D eigenvalue weighted by Crippen LogP contribution is 2.35. The van der Waals surface area contributed by atoms with Crippen LogP contribution in [0, 0.1) is 0 Å². The molecular weight excluding hydrogens is 416 g/mol. The van der Waals surface area contributed by atoms with Crippen molar-refractivity contribution in [2.24, 2.45) is 0 Å². The van der Waals surface area contributed by atoms with Crippen molar-refractivity contribution in [2.45, 2.75) is 32.2 Å². The number of aromatic nitrogens is 2. The molecule has 1 fully saturated rings. The number of carbonyl (C=O) groups excluding carboxylic acids is 1. The number of anilines is 1. The molecular formula is C26H28N4O3. The molecule has 0 unspecified atom stereocenters. The Labute approximate surface area is 194 Å². The first-order chi connectivity index (χ1) is 16.2. The summed E-state index contributed by atoms with van der Waals surface area (Å²) < 4.78 is 11.8. The fourth-order valence-electron chi connectivity index (χ4n) is 4.42. The number of rotatable bonds is 6. The summed E-state index contributed by atoms with van der Waals surface area (Å²) in [5.41, 5.74) is 2.84. The molecule has 5 rings (SSSR count). The zero-order valence-electron chi connectivity index (χ0n) is 18.9. The standard InChI is InChI=1S/C26H28N4O3/c1-32-22-11-5-6-12-23(22)33-25-20-18-30(24(31)17-19-9-3-2-4-10-19)16-13-21(20)27-26(28-25)29-14-7-8-15-29/h2-6,9-12H,7-8,13-18H2,1H3. The SMILES string of the molecule is COc1ccccc1Oc1nc(N2CCCC2)nc2c1CN(C(=O)Cc1ccccc1)CC2. The fraction of sp³-hybridized carbons (Fsp3) is 0.346. The molecule has 7 heteroatoms. The molecule has 0 aliphatic carbocycles. The van der Waals surface area contributed by atoms with E-state index in [4.69, 9.17) is 19.4 Å². The number of benzene rings is 2. The predicted octanol–water partition coefficient (Wildman–Crippen LogP) is 4.01. The van der Waals surface area contributed by atoms with Gasteiger partial charge in [-0.1, -0.05) is 42.5 Å². The van der Waals surface area contributed by atoms with Crippen molar-refractivity contribution in [2.75, 3.05) is 31.6 Å². The topological polar surface area (TPSA) is 67.8 Å². The van der Waals surface area contributed by atoms with Crippen molar-refractivity contribution in [3.05, 3.63) is 71.4 Å². The van der Waals surface area contributed by atoms with Gasteiger partial charge in [-0.15, -0.1) is 0 Å². The highest BCUT2D eigenvalue weighted by atomic mass is 16.5. The molecule has 7 nitrogen and oxygen atoms in total. The summed E-state index contributed by atoms with van der Waals surface area (Å²) in [6, 6.07) is 17.4. The van der Waals surface area contributed by atoms with E-state index < -0.39 is 0 Å². The molecule has 1 saturated heterocycles. The van der Waals surface area contributed by atoms with E-state index in [1.54, 1.807) is 7.11 Å². The molecule has 0 atom stereocenters. The van der Waals surface area contributed by atoms with Crippen molar-refractivity contribution >= 4 is 11.9 Å². The third-order valence-corrected chi connectivity index (χ3v) is 6.23. The lowest BCUT2D eigenvalue weighted by atomic mass is 10.0. The van der Waals surface area contributed by atoms with Crippen molar-refractivity contribution in [1.29, 1.82) is 0 Å². The Kier molecular flexibility index (Phi) is 6.11. The van der Waals surface area contributed by atoms with Crippen LogP contribution in [-0.4, -0.2) is 47.5 Å². The molecule has 0 bridgehead atoms. The van der Waals surface area contributed by atoms with Crippen molar-refractivity contribution in [1.82, 2.24) is 14.9 Å². The van der Waals surface area contributed by atoms with Crippen LogP contribution < -0.4 is 14.4 Å². The number of para-hydroxylation sites is 2. The van der Waals surface area contributed by atoms with Gasteiger partial charge in [0.1, 0.15) is 0 Å². The quantitative estimate of drug-likeness (QED) is 0.572. The first kappa shape index (κ1) is 21.2. The van der Waals surface area contributed by atoms with Crippen LogP contribution in [0.15, 0.2) is 54.6 Å². The zero-order chi connectivity index (χ0) is 22.6. The van der Waals surface area contributed by atoms with Crippen molar-refractivity contribution < 1.29 is 14.3 Å². The van der Waals surface area contributed by atoms with Crippen LogP contribution >= 0.6 is 0 Å². The summed E-state index contributed by atoms with van der Waals surface area (Å²) in [4.78, 5) is 26.8. The van der Waals surface area contributed by atoms with Crippen LogP contribution in [0.3, 0.4) is 0 Å². The first-order valence-electron chi connectivity index (χ1n) is 11.5. The maximum atomic E-state index is 13.0. The Bertz CT molecular complexity index is 1130. The van der Waals surface area contributed by atoms with E-state index in [1.165, 1.54) is 0 Å². The molecule has 3 heterocycles. The van der Waals surface area contributed by atoms with E-state index in [0.717, 1.165) is 42.8 Å². The van der Waals surface area contributed by atoms with Crippen LogP contribution in [0.5, 0.6) is 17.4 Å². The van der Waals surface area contributed by atoms with Crippen molar-refractivity contribution in [3.8, 4) is 17.4 Å². The minimum Gasteiger partial charge on any atom is -0.493 e. The molecule has 0 N–H and O–H groups in total. The Morgan fingerprint density at radius 2 is 1.67 bits per heavy atom. The van der Waals surface area contributed by atoms with Gasteiger partial charge in [0.15, 0.2) is 11.5 Å². The monoisotopic (exact) mass is 444 g/mol. The summed E-state index contributed by atoms with van der Waals surface area (Å²) in [5.74, 6) is 2.55. The van der Waals surface area contributed by atoms with Crippen LogP contribution in [0.1, 0.15) is 29.7 Å².